The van der Waals surface area contributed by atoms with Gasteiger partial charge in [-0.05, 0) is 42.8 Å². The first kappa shape index (κ1) is 13.2. The van der Waals surface area contributed by atoms with E-state index in [-0.39, 0.29) is 0 Å². The Morgan fingerprint density at radius 1 is 1.44 bits per heavy atom. The Morgan fingerprint density at radius 2 is 2.22 bits per heavy atom. The van der Waals surface area contributed by atoms with E-state index in [2.05, 4.69) is 33.9 Å². The summed E-state index contributed by atoms with van der Waals surface area (Å²) in [4.78, 5) is 12.0. The number of hydrogen-bond acceptors (Lipinski definition) is 3. The van der Waals surface area contributed by atoms with Crippen molar-refractivity contribution in [2.75, 3.05) is 19.6 Å². The smallest absolute Gasteiger partial charge is 0.312 e. The molecule has 1 saturated heterocycles. The number of hydrogen-bond donors (Lipinski definition) is 2. The van der Waals surface area contributed by atoms with E-state index < -0.39 is 6.03 Å². The zero-order valence-electron chi connectivity index (χ0n) is 10.3. The van der Waals surface area contributed by atoms with Gasteiger partial charge in [-0.15, -0.1) is 0 Å². The minimum absolute atomic E-state index is 0.428. The normalized spacial score (nSPS) is 20.6. The Balaban J connectivity index is 1.81. The molecule has 4 nitrogen and oxygen atoms in total. The molecule has 0 aromatic heterocycles. The van der Waals surface area contributed by atoms with Crippen LogP contribution in [-0.2, 0) is 0 Å². The van der Waals surface area contributed by atoms with Crippen molar-refractivity contribution in [3.8, 4) is 0 Å². The first-order valence-corrected chi connectivity index (χ1v) is 7.02. The minimum Gasteiger partial charge on any atom is -0.352 e. The summed E-state index contributed by atoms with van der Waals surface area (Å²) in [6.07, 6.45) is 2.33. The van der Waals surface area contributed by atoms with Crippen LogP contribution in [0.1, 0.15) is 12.8 Å². The molecule has 1 aromatic carbocycles. The third-order valence-electron chi connectivity index (χ3n) is 3.02. The van der Waals surface area contributed by atoms with Gasteiger partial charge in [0.15, 0.2) is 0 Å². The third kappa shape index (κ3) is 4.23. The van der Waals surface area contributed by atoms with Crippen LogP contribution in [0.25, 0.3) is 0 Å². The number of amides is 2. The van der Waals surface area contributed by atoms with Crippen molar-refractivity contribution in [2.24, 2.45) is 11.7 Å². The fraction of sp³-hybridized carbons (Fsp3) is 0.462. The van der Waals surface area contributed by atoms with E-state index in [0.717, 1.165) is 19.5 Å². The fourth-order valence-electron chi connectivity index (χ4n) is 2.15. The van der Waals surface area contributed by atoms with E-state index >= 15 is 0 Å². The topological polar surface area (TPSA) is 58.4 Å². The zero-order valence-corrected chi connectivity index (χ0v) is 11.2. The number of rotatable bonds is 4. The van der Waals surface area contributed by atoms with Crippen LogP contribution < -0.4 is 11.1 Å². The second-order valence-corrected chi connectivity index (χ2v) is 5.72. The van der Waals surface area contributed by atoms with E-state index in [4.69, 9.17) is 5.73 Å². The number of benzene rings is 1. The molecule has 1 aromatic rings. The van der Waals surface area contributed by atoms with Crippen molar-refractivity contribution in [1.29, 1.82) is 0 Å². The molecule has 0 aliphatic carbocycles. The molecule has 0 radical (unpaired) electrons. The molecule has 1 atom stereocenters. The van der Waals surface area contributed by atoms with Crippen molar-refractivity contribution >= 4 is 18.0 Å². The van der Waals surface area contributed by atoms with Gasteiger partial charge >= 0.3 is 6.03 Å². The summed E-state index contributed by atoms with van der Waals surface area (Å²) in [6, 6.07) is 9.95. The third-order valence-corrected chi connectivity index (χ3v) is 4.10. The first-order chi connectivity index (χ1) is 8.74. The molecule has 0 saturated carbocycles. The fourth-order valence-corrected chi connectivity index (χ4v) is 3.23. The summed E-state index contributed by atoms with van der Waals surface area (Å²) in [7, 11) is 0. The number of primary amides is 1. The zero-order chi connectivity index (χ0) is 12.8. The number of nitrogens with one attached hydrogen (secondary N) is 1. The van der Waals surface area contributed by atoms with Gasteiger partial charge in [-0.25, -0.2) is 9.10 Å². The van der Waals surface area contributed by atoms with E-state index in [1.54, 1.807) is 11.9 Å². The molecule has 98 valence electrons. The van der Waals surface area contributed by atoms with Gasteiger partial charge in [0, 0.05) is 24.5 Å². The molecular weight excluding hydrogens is 246 g/mol. The van der Waals surface area contributed by atoms with Crippen molar-refractivity contribution in [2.45, 2.75) is 17.7 Å². The van der Waals surface area contributed by atoms with E-state index in [0.29, 0.717) is 12.5 Å². The van der Waals surface area contributed by atoms with E-state index in [1.165, 1.54) is 11.3 Å². The lowest BCUT2D eigenvalue weighted by Crippen LogP contribution is -2.39. The molecule has 1 aliphatic heterocycles. The Kier molecular flexibility index (Phi) is 4.90. The monoisotopic (exact) mass is 265 g/mol. The van der Waals surface area contributed by atoms with E-state index in [9.17, 15) is 4.79 Å². The molecule has 5 heteroatoms. The molecule has 0 bridgehead atoms. The van der Waals surface area contributed by atoms with Crippen LogP contribution in [0, 0.1) is 5.92 Å². The highest BCUT2D eigenvalue weighted by Crippen LogP contribution is 2.27. The van der Waals surface area contributed by atoms with Gasteiger partial charge in [0.05, 0.1) is 0 Å². The molecule has 0 spiro atoms. The molecule has 1 aliphatic rings. The highest BCUT2D eigenvalue weighted by Gasteiger charge is 2.20. The van der Waals surface area contributed by atoms with Gasteiger partial charge < -0.3 is 11.1 Å². The number of nitrogens with two attached hydrogens (primary N) is 1. The maximum absolute atomic E-state index is 10.7. The number of nitrogens with zero attached hydrogens (tertiary/aromatic N) is 1. The first-order valence-electron chi connectivity index (χ1n) is 6.25. The Bertz CT molecular complexity index is 385. The summed E-state index contributed by atoms with van der Waals surface area (Å²) in [6.45, 7) is 2.79. The predicted octanol–water partition coefficient (Wildman–Crippen LogP) is 2.07. The van der Waals surface area contributed by atoms with Gasteiger partial charge in [0.1, 0.15) is 0 Å². The average Bonchev–Trinajstić information content (AvgIpc) is 2.38. The van der Waals surface area contributed by atoms with Crippen molar-refractivity contribution in [3.05, 3.63) is 30.3 Å². The Labute approximate surface area is 112 Å². The van der Waals surface area contributed by atoms with Crippen LogP contribution in [-0.4, -0.2) is 30.0 Å². The van der Waals surface area contributed by atoms with Gasteiger partial charge in [-0.3, -0.25) is 0 Å². The van der Waals surface area contributed by atoms with Gasteiger partial charge in [0.2, 0.25) is 0 Å². The highest BCUT2D eigenvalue weighted by molar-refractivity contribution is 7.97. The number of piperidine rings is 1. The SMILES string of the molecule is NC(=O)NCC1CCCN(Sc2ccccc2)C1. The molecule has 1 heterocycles. The second kappa shape index (κ2) is 6.66. The van der Waals surface area contributed by atoms with Crippen LogP contribution in [0.2, 0.25) is 0 Å². The standard InChI is InChI=1S/C13H19N3OS/c14-13(17)15-9-11-5-4-8-16(10-11)18-12-6-2-1-3-7-12/h1-3,6-7,11H,4-5,8-10H2,(H3,14,15,17). The van der Waals surface area contributed by atoms with Crippen LogP contribution >= 0.6 is 11.9 Å². The Morgan fingerprint density at radius 3 is 2.94 bits per heavy atom. The van der Waals surface area contributed by atoms with Crippen LogP contribution in [0.3, 0.4) is 0 Å². The predicted molar refractivity (Wildman–Crippen MR) is 74.2 cm³/mol. The molecule has 3 N–H and O–H groups in total. The van der Waals surface area contributed by atoms with Crippen LogP contribution in [0.15, 0.2) is 35.2 Å². The second-order valence-electron chi connectivity index (χ2n) is 4.55. The van der Waals surface area contributed by atoms with Crippen LogP contribution in [0.4, 0.5) is 4.79 Å². The van der Waals surface area contributed by atoms with Crippen molar-refractivity contribution in [1.82, 2.24) is 9.62 Å². The average molecular weight is 265 g/mol. The molecular formula is C13H19N3OS. The summed E-state index contributed by atoms with van der Waals surface area (Å²) < 4.78 is 2.37. The molecule has 2 amide bonds. The Hall–Kier alpha value is -1.20. The van der Waals surface area contributed by atoms with Gasteiger partial charge in [-0.1, -0.05) is 18.2 Å². The maximum atomic E-state index is 10.7. The minimum atomic E-state index is -0.428. The van der Waals surface area contributed by atoms with Gasteiger partial charge in [-0.2, -0.15) is 0 Å². The number of carbonyl (C=O) groups is 1. The van der Waals surface area contributed by atoms with Crippen LogP contribution in [0.5, 0.6) is 0 Å². The van der Waals surface area contributed by atoms with E-state index in [1.807, 2.05) is 6.07 Å². The molecule has 1 fully saturated rings. The highest BCUT2D eigenvalue weighted by atomic mass is 32.2. The number of carbonyl (C=O) groups excluding carboxylic acids is 1. The van der Waals surface area contributed by atoms with Crippen molar-refractivity contribution < 1.29 is 4.79 Å². The molecule has 18 heavy (non-hydrogen) atoms. The lowest BCUT2D eigenvalue weighted by atomic mass is 10.00. The molecule has 2 rings (SSSR count). The number of urea groups is 1. The summed E-state index contributed by atoms with van der Waals surface area (Å²) in [5.41, 5.74) is 5.10. The lowest BCUT2D eigenvalue weighted by molar-refractivity contribution is 0.239. The summed E-state index contributed by atoms with van der Waals surface area (Å²) in [5, 5.41) is 2.70. The van der Waals surface area contributed by atoms with Gasteiger partial charge in [0.25, 0.3) is 0 Å². The molecule has 1 unspecified atom stereocenters. The van der Waals surface area contributed by atoms with Crippen molar-refractivity contribution in [3.63, 3.8) is 0 Å². The summed E-state index contributed by atoms with van der Waals surface area (Å²) in [5.74, 6) is 0.502. The lowest BCUT2D eigenvalue weighted by Gasteiger charge is -2.31. The largest absolute Gasteiger partial charge is 0.352 e. The summed E-state index contributed by atoms with van der Waals surface area (Å²) >= 11 is 1.79. The quantitative estimate of drug-likeness (QED) is 0.819. The maximum Gasteiger partial charge on any atom is 0.312 e.